The second-order valence-corrected chi connectivity index (χ2v) is 5.09. The Morgan fingerprint density at radius 2 is 2.00 bits per heavy atom. The van der Waals surface area contributed by atoms with Gasteiger partial charge in [-0.05, 0) is 18.9 Å². The van der Waals surface area contributed by atoms with Crippen LogP contribution in [0.2, 0.25) is 0 Å². The summed E-state index contributed by atoms with van der Waals surface area (Å²) in [6, 6.07) is 7.99. The predicted octanol–water partition coefficient (Wildman–Crippen LogP) is 4.66. The monoisotopic (exact) mass is 216 g/mol. The summed E-state index contributed by atoms with van der Waals surface area (Å²) in [6.45, 7) is 5.92. The van der Waals surface area contributed by atoms with Crippen molar-refractivity contribution in [2.24, 2.45) is 5.41 Å². The molecule has 0 aromatic heterocycles. The van der Waals surface area contributed by atoms with E-state index in [-0.39, 0.29) is 11.2 Å². The van der Waals surface area contributed by atoms with E-state index >= 15 is 0 Å². The van der Waals surface area contributed by atoms with Crippen molar-refractivity contribution in [2.45, 2.75) is 27.2 Å². The van der Waals surface area contributed by atoms with Gasteiger partial charge in [0.1, 0.15) is 5.83 Å². The van der Waals surface area contributed by atoms with Gasteiger partial charge in [0.2, 0.25) is 0 Å². The van der Waals surface area contributed by atoms with E-state index in [4.69, 9.17) is 0 Å². The number of halogens is 1. The Balaban J connectivity index is 2.52. The second-order valence-electron chi connectivity index (χ2n) is 5.09. The molecule has 0 amide bonds. The molecule has 0 fully saturated rings. The van der Waals surface area contributed by atoms with E-state index in [2.05, 4.69) is 6.08 Å². The lowest BCUT2D eigenvalue weighted by Gasteiger charge is -2.26. The minimum absolute atomic E-state index is 0.000556. The highest BCUT2D eigenvalue weighted by molar-refractivity contribution is 5.77. The molecule has 16 heavy (non-hydrogen) atoms. The molecule has 1 aliphatic carbocycles. The minimum Gasteiger partial charge on any atom is -0.211 e. The van der Waals surface area contributed by atoms with Crippen LogP contribution >= 0.6 is 0 Å². The number of benzene rings is 1. The summed E-state index contributed by atoms with van der Waals surface area (Å²) in [4.78, 5) is 0. The molecule has 1 aliphatic rings. The number of allylic oxidation sites excluding steroid dienone is 4. The van der Waals surface area contributed by atoms with Crippen LogP contribution in [0.15, 0.2) is 42.2 Å². The first-order valence-corrected chi connectivity index (χ1v) is 5.64. The van der Waals surface area contributed by atoms with Gasteiger partial charge < -0.3 is 0 Å². The van der Waals surface area contributed by atoms with Crippen molar-refractivity contribution in [1.29, 1.82) is 0 Å². The van der Waals surface area contributed by atoms with Gasteiger partial charge in [-0.1, -0.05) is 55.8 Å². The second kappa shape index (κ2) is 3.89. The number of hydrogen-bond donors (Lipinski definition) is 0. The molecular weight excluding hydrogens is 199 g/mol. The Morgan fingerprint density at radius 1 is 1.25 bits per heavy atom. The number of hydrogen-bond acceptors (Lipinski definition) is 0. The lowest BCUT2D eigenvalue weighted by atomic mass is 9.80. The van der Waals surface area contributed by atoms with E-state index in [1.165, 1.54) is 0 Å². The minimum atomic E-state index is -0.367. The van der Waals surface area contributed by atoms with Crippen LogP contribution in [-0.4, -0.2) is 0 Å². The van der Waals surface area contributed by atoms with Crippen LogP contribution in [-0.2, 0) is 0 Å². The molecule has 0 N–H and O–H groups in total. The largest absolute Gasteiger partial charge is 0.211 e. The molecule has 1 heteroatoms. The average Bonchev–Trinajstić information content (AvgIpc) is 2.22. The van der Waals surface area contributed by atoms with Gasteiger partial charge in [0.25, 0.3) is 0 Å². The maximum atomic E-state index is 14.3. The summed E-state index contributed by atoms with van der Waals surface area (Å²) < 4.78 is 14.3. The Hall–Kier alpha value is -1.37. The van der Waals surface area contributed by atoms with E-state index in [1.54, 1.807) is 0 Å². The zero-order valence-electron chi connectivity index (χ0n) is 10.0. The first-order valence-electron chi connectivity index (χ1n) is 5.64. The van der Waals surface area contributed by atoms with Gasteiger partial charge >= 0.3 is 0 Å². The highest BCUT2D eigenvalue weighted by Crippen LogP contribution is 2.41. The Bertz CT molecular complexity index is 464. The standard InChI is InChI=1S/C15H17F/c1-11-6-4-7-12(10-11)13-8-5-9-15(2,3)14(13)16/h4-8,10H,9H2,1-3H3. The molecule has 0 bridgehead atoms. The van der Waals surface area contributed by atoms with Crippen LogP contribution in [0.4, 0.5) is 4.39 Å². The molecule has 0 heterocycles. The zero-order chi connectivity index (χ0) is 11.8. The third kappa shape index (κ3) is 1.95. The summed E-state index contributed by atoms with van der Waals surface area (Å²) in [7, 11) is 0. The van der Waals surface area contributed by atoms with Crippen LogP contribution < -0.4 is 0 Å². The summed E-state index contributed by atoms with van der Waals surface area (Å²) in [6.07, 6.45) is 4.73. The highest BCUT2D eigenvalue weighted by Gasteiger charge is 2.28. The molecule has 1 aromatic carbocycles. The fraction of sp³-hybridized carbons (Fsp3) is 0.333. The fourth-order valence-corrected chi connectivity index (χ4v) is 2.03. The normalized spacial score (nSPS) is 19.0. The molecule has 0 saturated heterocycles. The summed E-state index contributed by atoms with van der Waals surface area (Å²) in [5, 5.41) is 0. The van der Waals surface area contributed by atoms with Crippen molar-refractivity contribution in [3.63, 3.8) is 0 Å². The third-order valence-electron chi connectivity index (χ3n) is 3.07. The van der Waals surface area contributed by atoms with E-state index < -0.39 is 0 Å². The quantitative estimate of drug-likeness (QED) is 0.640. The first kappa shape index (κ1) is 11.1. The lowest BCUT2D eigenvalue weighted by molar-refractivity contribution is 0.352. The summed E-state index contributed by atoms with van der Waals surface area (Å²) in [5.74, 6) is 0.000556. The molecule has 0 nitrogen and oxygen atoms in total. The third-order valence-corrected chi connectivity index (χ3v) is 3.07. The van der Waals surface area contributed by atoms with Crippen LogP contribution in [0.1, 0.15) is 31.4 Å². The number of rotatable bonds is 1. The summed E-state index contributed by atoms with van der Waals surface area (Å²) in [5.41, 5.74) is 2.50. The van der Waals surface area contributed by atoms with Crippen molar-refractivity contribution in [3.05, 3.63) is 53.4 Å². The topological polar surface area (TPSA) is 0 Å². The van der Waals surface area contributed by atoms with Crippen molar-refractivity contribution in [3.8, 4) is 0 Å². The lowest BCUT2D eigenvalue weighted by Crippen LogP contribution is -2.15. The maximum absolute atomic E-state index is 14.3. The Morgan fingerprint density at radius 3 is 2.69 bits per heavy atom. The Kier molecular flexibility index (Phi) is 2.71. The molecule has 0 saturated carbocycles. The van der Waals surface area contributed by atoms with Crippen molar-refractivity contribution >= 4 is 5.57 Å². The average molecular weight is 216 g/mol. The number of aryl methyl sites for hydroxylation is 1. The predicted molar refractivity (Wildman–Crippen MR) is 66.7 cm³/mol. The van der Waals surface area contributed by atoms with Gasteiger partial charge in [-0.2, -0.15) is 0 Å². The molecule has 0 unspecified atom stereocenters. The molecular formula is C15H17F. The highest BCUT2D eigenvalue weighted by atomic mass is 19.1. The van der Waals surface area contributed by atoms with Crippen molar-refractivity contribution in [1.82, 2.24) is 0 Å². The molecule has 0 atom stereocenters. The smallest absolute Gasteiger partial charge is 0.114 e. The van der Waals surface area contributed by atoms with Crippen molar-refractivity contribution in [2.75, 3.05) is 0 Å². The van der Waals surface area contributed by atoms with Gasteiger partial charge in [-0.25, -0.2) is 4.39 Å². The van der Waals surface area contributed by atoms with Crippen LogP contribution in [0.5, 0.6) is 0 Å². The molecule has 2 rings (SSSR count). The van der Waals surface area contributed by atoms with Crippen LogP contribution in [0, 0.1) is 12.3 Å². The SMILES string of the molecule is Cc1cccc(C2=C(F)C(C)(C)CC=C2)c1. The van der Waals surface area contributed by atoms with E-state index in [9.17, 15) is 4.39 Å². The van der Waals surface area contributed by atoms with Crippen LogP contribution in [0.3, 0.4) is 0 Å². The fourth-order valence-electron chi connectivity index (χ4n) is 2.03. The molecule has 0 spiro atoms. The summed E-state index contributed by atoms with van der Waals surface area (Å²) >= 11 is 0. The van der Waals surface area contributed by atoms with E-state index in [0.29, 0.717) is 0 Å². The Labute approximate surface area is 96.5 Å². The van der Waals surface area contributed by atoms with Gasteiger partial charge in [-0.15, -0.1) is 0 Å². The van der Waals surface area contributed by atoms with E-state index in [1.807, 2.05) is 51.1 Å². The zero-order valence-corrected chi connectivity index (χ0v) is 10.0. The first-order chi connectivity index (χ1) is 7.50. The van der Waals surface area contributed by atoms with Gasteiger partial charge in [0.05, 0.1) is 0 Å². The van der Waals surface area contributed by atoms with Gasteiger partial charge in [0.15, 0.2) is 0 Å². The molecule has 1 aromatic rings. The molecule has 0 aliphatic heterocycles. The van der Waals surface area contributed by atoms with Crippen LogP contribution in [0.25, 0.3) is 5.57 Å². The van der Waals surface area contributed by atoms with Gasteiger partial charge in [-0.3, -0.25) is 0 Å². The molecule has 84 valence electrons. The molecule has 0 radical (unpaired) electrons. The van der Waals surface area contributed by atoms with E-state index in [0.717, 1.165) is 23.1 Å². The maximum Gasteiger partial charge on any atom is 0.114 e. The van der Waals surface area contributed by atoms with Gasteiger partial charge in [0, 0.05) is 11.0 Å². The van der Waals surface area contributed by atoms with Crippen molar-refractivity contribution < 1.29 is 4.39 Å².